The Morgan fingerprint density at radius 2 is 2.26 bits per heavy atom. The Hall–Kier alpha value is -2.11. The molecule has 0 aromatic heterocycles. The van der Waals surface area contributed by atoms with Gasteiger partial charge in [-0.25, -0.2) is 0 Å². The Morgan fingerprint density at radius 3 is 2.79 bits per heavy atom. The van der Waals surface area contributed by atoms with Crippen molar-refractivity contribution in [3.8, 4) is 0 Å². The van der Waals surface area contributed by atoms with E-state index < -0.39 is 4.92 Å². The van der Waals surface area contributed by atoms with Crippen LogP contribution in [0.2, 0.25) is 0 Å². The van der Waals surface area contributed by atoms with E-state index in [0.717, 1.165) is 12.8 Å². The van der Waals surface area contributed by atoms with Crippen LogP contribution in [-0.4, -0.2) is 23.9 Å². The molecular formula is C13H17N3O3. The van der Waals surface area contributed by atoms with Gasteiger partial charge in [0.1, 0.15) is 5.69 Å². The monoisotopic (exact) mass is 263 g/mol. The average Bonchev–Trinajstić information content (AvgIpc) is 3.15. The SMILES string of the molecule is CCC1CC1NC(=O)c1cccc([N+](=O)[O-])c1NC. The lowest BCUT2D eigenvalue weighted by Crippen LogP contribution is -2.27. The van der Waals surface area contributed by atoms with Crippen molar-refractivity contribution in [2.45, 2.75) is 25.8 Å². The van der Waals surface area contributed by atoms with Gasteiger partial charge in [0.15, 0.2) is 0 Å². The number of para-hydroxylation sites is 1. The van der Waals surface area contributed by atoms with Gasteiger partial charge in [0.2, 0.25) is 0 Å². The van der Waals surface area contributed by atoms with E-state index in [0.29, 0.717) is 11.5 Å². The number of anilines is 1. The van der Waals surface area contributed by atoms with E-state index in [1.165, 1.54) is 12.1 Å². The van der Waals surface area contributed by atoms with Crippen LogP contribution < -0.4 is 10.6 Å². The summed E-state index contributed by atoms with van der Waals surface area (Å²) in [6.45, 7) is 2.09. The first kappa shape index (κ1) is 13.3. The zero-order valence-electron chi connectivity index (χ0n) is 11.0. The summed E-state index contributed by atoms with van der Waals surface area (Å²) in [5.41, 5.74) is 0.495. The highest BCUT2D eigenvalue weighted by Gasteiger charge is 2.37. The van der Waals surface area contributed by atoms with Crippen LogP contribution in [0.5, 0.6) is 0 Å². The summed E-state index contributed by atoms with van der Waals surface area (Å²) in [6, 6.07) is 4.71. The summed E-state index contributed by atoms with van der Waals surface area (Å²) >= 11 is 0. The number of nitrogens with zero attached hydrogens (tertiary/aromatic N) is 1. The van der Waals surface area contributed by atoms with Crippen LogP contribution in [0.3, 0.4) is 0 Å². The fourth-order valence-electron chi connectivity index (χ4n) is 2.27. The number of nitro benzene ring substituents is 1. The minimum absolute atomic E-state index is 0.0852. The molecule has 19 heavy (non-hydrogen) atoms. The molecule has 1 aromatic rings. The lowest BCUT2D eigenvalue weighted by molar-refractivity contribution is -0.384. The van der Waals surface area contributed by atoms with Crippen LogP contribution in [0, 0.1) is 16.0 Å². The molecule has 2 rings (SSSR count). The maximum Gasteiger partial charge on any atom is 0.293 e. The Labute approximate surface area is 111 Å². The molecule has 0 heterocycles. The number of carbonyl (C=O) groups excluding carboxylic acids is 1. The van der Waals surface area contributed by atoms with Gasteiger partial charge >= 0.3 is 0 Å². The minimum Gasteiger partial charge on any atom is -0.382 e. The molecule has 2 N–H and O–H groups in total. The van der Waals surface area contributed by atoms with Crippen molar-refractivity contribution in [2.75, 3.05) is 12.4 Å². The van der Waals surface area contributed by atoms with E-state index in [1.807, 2.05) is 0 Å². The van der Waals surface area contributed by atoms with E-state index in [4.69, 9.17) is 0 Å². The van der Waals surface area contributed by atoms with E-state index in [1.54, 1.807) is 13.1 Å². The van der Waals surface area contributed by atoms with Gasteiger partial charge in [-0.3, -0.25) is 14.9 Å². The van der Waals surface area contributed by atoms with Crippen molar-refractivity contribution in [3.63, 3.8) is 0 Å². The Balaban J connectivity index is 2.21. The molecule has 1 fully saturated rings. The average molecular weight is 263 g/mol. The molecular weight excluding hydrogens is 246 g/mol. The van der Waals surface area contributed by atoms with Gasteiger partial charge in [-0.15, -0.1) is 0 Å². The first-order chi connectivity index (χ1) is 9.08. The number of carbonyl (C=O) groups is 1. The number of hydrogen-bond acceptors (Lipinski definition) is 4. The summed E-state index contributed by atoms with van der Waals surface area (Å²) in [7, 11) is 1.57. The molecule has 1 amide bonds. The van der Waals surface area contributed by atoms with E-state index in [-0.39, 0.29) is 23.3 Å². The fraction of sp³-hybridized carbons (Fsp3) is 0.462. The molecule has 2 atom stereocenters. The third-order valence-electron chi connectivity index (χ3n) is 3.50. The van der Waals surface area contributed by atoms with Crippen LogP contribution in [0.25, 0.3) is 0 Å². The minimum atomic E-state index is -0.491. The molecule has 0 aliphatic heterocycles. The first-order valence-electron chi connectivity index (χ1n) is 6.34. The van der Waals surface area contributed by atoms with Crippen molar-refractivity contribution in [1.29, 1.82) is 0 Å². The predicted molar refractivity (Wildman–Crippen MR) is 72.3 cm³/mol. The first-order valence-corrected chi connectivity index (χ1v) is 6.34. The summed E-state index contributed by atoms with van der Waals surface area (Å²) in [6.07, 6.45) is 2.03. The molecule has 1 saturated carbocycles. The molecule has 0 spiro atoms. The molecule has 0 bridgehead atoms. The largest absolute Gasteiger partial charge is 0.382 e. The molecule has 2 unspecified atom stereocenters. The van der Waals surface area contributed by atoms with E-state index in [2.05, 4.69) is 17.6 Å². The van der Waals surface area contributed by atoms with Crippen LogP contribution in [0.1, 0.15) is 30.1 Å². The maximum atomic E-state index is 12.1. The summed E-state index contributed by atoms with van der Waals surface area (Å²) in [5, 5.41) is 16.6. The second-order valence-corrected chi connectivity index (χ2v) is 4.69. The van der Waals surface area contributed by atoms with Crippen molar-refractivity contribution in [3.05, 3.63) is 33.9 Å². The van der Waals surface area contributed by atoms with E-state index >= 15 is 0 Å². The molecule has 1 aliphatic carbocycles. The topological polar surface area (TPSA) is 84.3 Å². The standard InChI is InChI=1S/C13H17N3O3/c1-3-8-7-10(8)15-13(17)9-5-4-6-11(16(18)19)12(9)14-2/h4-6,8,10,14H,3,7H2,1-2H3,(H,15,17). The second-order valence-electron chi connectivity index (χ2n) is 4.69. The van der Waals surface area contributed by atoms with Gasteiger partial charge in [0, 0.05) is 19.2 Å². The van der Waals surface area contributed by atoms with Crippen LogP contribution in [0.15, 0.2) is 18.2 Å². The summed E-state index contributed by atoms with van der Waals surface area (Å²) in [4.78, 5) is 22.6. The smallest absolute Gasteiger partial charge is 0.293 e. The van der Waals surface area contributed by atoms with Gasteiger partial charge in [-0.2, -0.15) is 0 Å². The Bertz CT molecular complexity index is 516. The fourth-order valence-corrected chi connectivity index (χ4v) is 2.27. The highest BCUT2D eigenvalue weighted by atomic mass is 16.6. The lowest BCUT2D eigenvalue weighted by atomic mass is 10.1. The van der Waals surface area contributed by atoms with Gasteiger partial charge < -0.3 is 10.6 Å². The van der Waals surface area contributed by atoms with Gasteiger partial charge in [0.05, 0.1) is 10.5 Å². The van der Waals surface area contributed by atoms with Crippen LogP contribution in [0.4, 0.5) is 11.4 Å². The summed E-state index contributed by atoms with van der Waals surface area (Å²) < 4.78 is 0. The third-order valence-corrected chi connectivity index (χ3v) is 3.50. The molecule has 6 nitrogen and oxygen atoms in total. The van der Waals surface area contributed by atoms with Crippen molar-refractivity contribution >= 4 is 17.3 Å². The van der Waals surface area contributed by atoms with Gasteiger partial charge in [-0.05, 0) is 18.4 Å². The maximum absolute atomic E-state index is 12.1. The summed E-state index contributed by atoms with van der Waals surface area (Å²) in [5.74, 6) is 0.287. The number of nitrogens with one attached hydrogen (secondary N) is 2. The van der Waals surface area contributed by atoms with Crippen molar-refractivity contribution in [2.24, 2.45) is 5.92 Å². The highest BCUT2D eigenvalue weighted by molar-refractivity contribution is 6.01. The highest BCUT2D eigenvalue weighted by Crippen LogP contribution is 2.34. The number of benzene rings is 1. The Kier molecular flexibility index (Phi) is 3.69. The van der Waals surface area contributed by atoms with Crippen molar-refractivity contribution in [1.82, 2.24) is 5.32 Å². The zero-order chi connectivity index (χ0) is 14.0. The number of nitro groups is 1. The number of hydrogen-bond donors (Lipinski definition) is 2. The quantitative estimate of drug-likeness (QED) is 0.629. The van der Waals surface area contributed by atoms with E-state index in [9.17, 15) is 14.9 Å². The molecule has 6 heteroatoms. The van der Waals surface area contributed by atoms with Gasteiger partial charge in [-0.1, -0.05) is 19.4 Å². The third kappa shape index (κ3) is 2.67. The van der Waals surface area contributed by atoms with Crippen LogP contribution in [-0.2, 0) is 0 Å². The number of amides is 1. The van der Waals surface area contributed by atoms with Gasteiger partial charge in [0.25, 0.3) is 11.6 Å². The molecule has 1 aliphatic rings. The normalized spacial score (nSPS) is 20.7. The predicted octanol–water partition coefficient (Wildman–Crippen LogP) is 2.16. The zero-order valence-corrected chi connectivity index (χ0v) is 11.0. The molecule has 1 aromatic carbocycles. The lowest BCUT2D eigenvalue weighted by Gasteiger charge is -2.09. The molecule has 0 radical (unpaired) electrons. The van der Waals surface area contributed by atoms with Crippen molar-refractivity contribution < 1.29 is 9.72 Å². The Morgan fingerprint density at radius 1 is 1.53 bits per heavy atom. The molecule has 102 valence electrons. The second kappa shape index (κ2) is 5.26. The molecule has 0 saturated heterocycles. The number of rotatable bonds is 5. The van der Waals surface area contributed by atoms with Crippen LogP contribution >= 0.6 is 0 Å².